The largest absolute Gasteiger partial charge is 0.497 e. The summed E-state index contributed by atoms with van der Waals surface area (Å²) in [5.74, 6) is 0.668. The van der Waals surface area contributed by atoms with Gasteiger partial charge in [-0.15, -0.1) is 0 Å². The fraction of sp³-hybridized carbons (Fsp3) is 0.235. The van der Waals surface area contributed by atoms with Gasteiger partial charge in [-0.1, -0.05) is 13.0 Å². The molecule has 0 bridgehead atoms. The zero-order chi connectivity index (χ0) is 18.4. The second-order valence-electron chi connectivity index (χ2n) is 5.10. The Bertz CT molecular complexity index is 865. The highest BCUT2D eigenvalue weighted by Crippen LogP contribution is 2.29. The first-order chi connectivity index (χ1) is 11.9. The molecule has 0 aromatic heterocycles. The number of methoxy groups -OCH3 is 2. The first-order valence-corrected chi connectivity index (χ1v) is 9.02. The van der Waals surface area contributed by atoms with Crippen LogP contribution in [0, 0.1) is 0 Å². The lowest BCUT2D eigenvalue weighted by Crippen LogP contribution is -2.15. The Balaban J connectivity index is 2.34. The number of hydrogen-bond donors (Lipinski definition) is 2. The quantitative estimate of drug-likeness (QED) is 0.788. The van der Waals surface area contributed by atoms with Crippen molar-refractivity contribution in [2.45, 2.75) is 18.2 Å². The molecule has 0 heterocycles. The van der Waals surface area contributed by atoms with Crippen LogP contribution in [0.2, 0.25) is 0 Å². The van der Waals surface area contributed by atoms with E-state index in [1.165, 1.54) is 32.4 Å². The summed E-state index contributed by atoms with van der Waals surface area (Å²) in [6.07, 6.45) is 0.266. The molecule has 0 radical (unpaired) electrons. The molecule has 0 atom stereocenters. The van der Waals surface area contributed by atoms with Crippen LogP contribution in [-0.4, -0.2) is 28.5 Å². The SMILES string of the molecule is CCC(=O)Nc1cc(S(=O)(=O)Nc2cccc(OC)c2)ccc1OC. The number of amides is 1. The van der Waals surface area contributed by atoms with Crippen LogP contribution in [0.5, 0.6) is 11.5 Å². The van der Waals surface area contributed by atoms with E-state index in [9.17, 15) is 13.2 Å². The van der Waals surface area contributed by atoms with Crippen molar-refractivity contribution < 1.29 is 22.7 Å². The molecule has 1 amide bonds. The molecular weight excluding hydrogens is 344 g/mol. The summed E-state index contributed by atoms with van der Waals surface area (Å²) in [5, 5.41) is 2.63. The fourth-order valence-corrected chi connectivity index (χ4v) is 3.17. The topological polar surface area (TPSA) is 93.7 Å². The molecule has 2 aromatic carbocycles. The molecule has 8 heteroatoms. The summed E-state index contributed by atoms with van der Waals surface area (Å²) in [6, 6.07) is 10.8. The first-order valence-electron chi connectivity index (χ1n) is 7.54. The number of nitrogens with one attached hydrogen (secondary N) is 2. The zero-order valence-corrected chi connectivity index (χ0v) is 15.0. The Morgan fingerprint density at radius 1 is 1.08 bits per heavy atom. The van der Waals surface area contributed by atoms with E-state index in [0.717, 1.165) is 0 Å². The van der Waals surface area contributed by atoms with Crippen LogP contribution in [0.15, 0.2) is 47.4 Å². The van der Waals surface area contributed by atoms with Gasteiger partial charge in [-0.25, -0.2) is 8.42 Å². The minimum absolute atomic E-state index is 0.00234. The molecule has 0 unspecified atom stereocenters. The Hall–Kier alpha value is -2.74. The van der Waals surface area contributed by atoms with Gasteiger partial charge in [0.05, 0.1) is 30.5 Å². The van der Waals surface area contributed by atoms with Crippen LogP contribution in [0.1, 0.15) is 13.3 Å². The van der Waals surface area contributed by atoms with Crippen LogP contribution >= 0.6 is 0 Å². The number of ether oxygens (including phenoxy) is 2. The van der Waals surface area contributed by atoms with Gasteiger partial charge in [0.25, 0.3) is 10.0 Å². The zero-order valence-electron chi connectivity index (χ0n) is 14.2. The Kier molecular flexibility index (Phi) is 5.87. The van der Waals surface area contributed by atoms with Crippen molar-refractivity contribution in [1.29, 1.82) is 0 Å². The number of carbonyl (C=O) groups excluding carboxylic acids is 1. The number of rotatable bonds is 7. The number of hydrogen-bond acceptors (Lipinski definition) is 5. The van der Waals surface area contributed by atoms with Crippen molar-refractivity contribution in [2.24, 2.45) is 0 Å². The van der Waals surface area contributed by atoms with Gasteiger partial charge in [0.2, 0.25) is 5.91 Å². The van der Waals surface area contributed by atoms with Crippen LogP contribution in [0.3, 0.4) is 0 Å². The second kappa shape index (κ2) is 7.89. The highest BCUT2D eigenvalue weighted by molar-refractivity contribution is 7.92. The van der Waals surface area contributed by atoms with E-state index in [1.54, 1.807) is 31.2 Å². The second-order valence-corrected chi connectivity index (χ2v) is 6.78. The van der Waals surface area contributed by atoms with E-state index in [-0.39, 0.29) is 17.2 Å². The van der Waals surface area contributed by atoms with Gasteiger partial charge < -0.3 is 14.8 Å². The van der Waals surface area contributed by atoms with Crippen molar-refractivity contribution in [1.82, 2.24) is 0 Å². The van der Waals surface area contributed by atoms with Crippen molar-refractivity contribution in [3.05, 3.63) is 42.5 Å². The van der Waals surface area contributed by atoms with E-state index in [1.807, 2.05) is 0 Å². The van der Waals surface area contributed by atoms with E-state index in [2.05, 4.69) is 10.0 Å². The van der Waals surface area contributed by atoms with Gasteiger partial charge in [-0.3, -0.25) is 9.52 Å². The lowest BCUT2D eigenvalue weighted by Gasteiger charge is -2.13. The fourth-order valence-electron chi connectivity index (χ4n) is 2.09. The average molecular weight is 364 g/mol. The highest BCUT2D eigenvalue weighted by Gasteiger charge is 2.18. The molecule has 2 N–H and O–H groups in total. The van der Waals surface area contributed by atoms with E-state index in [4.69, 9.17) is 9.47 Å². The maximum atomic E-state index is 12.6. The van der Waals surface area contributed by atoms with Crippen LogP contribution in [-0.2, 0) is 14.8 Å². The third-order valence-electron chi connectivity index (χ3n) is 3.40. The number of benzene rings is 2. The summed E-state index contributed by atoms with van der Waals surface area (Å²) >= 11 is 0. The smallest absolute Gasteiger partial charge is 0.261 e. The van der Waals surface area contributed by atoms with Crippen LogP contribution in [0.4, 0.5) is 11.4 Å². The monoisotopic (exact) mass is 364 g/mol. The normalized spacial score (nSPS) is 10.8. The predicted molar refractivity (Wildman–Crippen MR) is 95.7 cm³/mol. The highest BCUT2D eigenvalue weighted by atomic mass is 32.2. The van der Waals surface area contributed by atoms with Crippen molar-refractivity contribution in [3.8, 4) is 11.5 Å². The molecule has 7 nitrogen and oxygen atoms in total. The maximum Gasteiger partial charge on any atom is 0.261 e. The van der Waals surface area contributed by atoms with Crippen molar-refractivity contribution >= 4 is 27.3 Å². The Labute approximate surface area is 147 Å². The summed E-state index contributed by atoms with van der Waals surface area (Å²) in [5.41, 5.74) is 0.664. The van der Waals surface area contributed by atoms with Gasteiger partial charge >= 0.3 is 0 Å². The molecule has 0 aliphatic rings. The van der Waals surface area contributed by atoms with Gasteiger partial charge in [0.1, 0.15) is 11.5 Å². The van der Waals surface area contributed by atoms with E-state index >= 15 is 0 Å². The standard InChI is InChI=1S/C17H20N2O5S/c1-4-17(20)18-15-11-14(8-9-16(15)24-3)25(21,22)19-12-6-5-7-13(10-12)23-2/h5-11,19H,4H2,1-3H3,(H,18,20). The maximum absolute atomic E-state index is 12.6. The minimum atomic E-state index is -3.84. The molecule has 0 saturated carbocycles. The molecule has 0 aliphatic heterocycles. The van der Waals surface area contributed by atoms with Gasteiger partial charge in [0.15, 0.2) is 0 Å². The number of carbonyl (C=O) groups is 1. The molecule has 0 spiro atoms. The molecule has 2 rings (SSSR count). The molecule has 25 heavy (non-hydrogen) atoms. The molecule has 0 aliphatic carbocycles. The third-order valence-corrected chi connectivity index (χ3v) is 4.78. The average Bonchev–Trinajstić information content (AvgIpc) is 2.61. The molecule has 0 saturated heterocycles. The van der Waals surface area contributed by atoms with Crippen molar-refractivity contribution in [3.63, 3.8) is 0 Å². The first kappa shape index (κ1) is 18.6. The molecule has 0 fully saturated rings. The third kappa shape index (κ3) is 4.63. The van der Waals surface area contributed by atoms with Gasteiger partial charge in [0, 0.05) is 12.5 Å². The Morgan fingerprint density at radius 2 is 1.84 bits per heavy atom. The Morgan fingerprint density at radius 3 is 2.48 bits per heavy atom. The summed E-state index contributed by atoms with van der Waals surface area (Å²) in [6.45, 7) is 1.70. The van der Waals surface area contributed by atoms with Crippen LogP contribution in [0.25, 0.3) is 0 Å². The van der Waals surface area contributed by atoms with E-state index < -0.39 is 10.0 Å². The lowest BCUT2D eigenvalue weighted by molar-refractivity contribution is -0.115. The number of anilines is 2. The van der Waals surface area contributed by atoms with Gasteiger partial charge in [-0.2, -0.15) is 0 Å². The van der Waals surface area contributed by atoms with Crippen LogP contribution < -0.4 is 19.5 Å². The number of sulfonamides is 1. The van der Waals surface area contributed by atoms with E-state index in [0.29, 0.717) is 22.9 Å². The summed E-state index contributed by atoms with van der Waals surface area (Å²) in [7, 11) is -0.897. The van der Waals surface area contributed by atoms with Gasteiger partial charge in [-0.05, 0) is 30.3 Å². The summed E-state index contributed by atoms with van der Waals surface area (Å²) in [4.78, 5) is 11.6. The van der Waals surface area contributed by atoms with Crippen molar-refractivity contribution in [2.75, 3.05) is 24.3 Å². The summed E-state index contributed by atoms with van der Waals surface area (Å²) < 4.78 is 37.9. The predicted octanol–water partition coefficient (Wildman–Crippen LogP) is 2.85. The molecule has 2 aromatic rings. The molecule has 134 valence electrons. The lowest BCUT2D eigenvalue weighted by atomic mass is 10.3. The molecular formula is C17H20N2O5S. The minimum Gasteiger partial charge on any atom is -0.497 e.